The first-order valence-corrected chi connectivity index (χ1v) is 11.7. The van der Waals surface area contributed by atoms with Crippen LogP contribution in [0.25, 0.3) is 33.5 Å². The Bertz CT molecular complexity index is 1430. The van der Waals surface area contributed by atoms with Crippen molar-refractivity contribution in [3.8, 4) is 23.3 Å². The van der Waals surface area contributed by atoms with E-state index < -0.39 is 0 Å². The van der Waals surface area contributed by atoms with Crippen molar-refractivity contribution in [3.05, 3.63) is 48.0 Å². The number of para-hydroxylation sites is 1. The number of likely N-dealkylation sites (tertiary alicyclic amines) is 1. The van der Waals surface area contributed by atoms with Crippen LogP contribution < -0.4 is 10.5 Å². The molecule has 174 valence electrons. The average molecular weight is 457 g/mol. The van der Waals surface area contributed by atoms with Crippen LogP contribution in [0.1, 0.15) is 30.1 Å². The summed E-state index contributed by atoms with van der Waals surface area (Å²) >= 11 is 0. The maximum absolute atomic E-state index is 13.3. The third-order valence-corrected chi connectivity index (χ3v) is 6.57. The van der Waals surface area contributed by atoms with Crippen molar-refractivity contribution in [1.82, 2.24) is 19.0 Å². The number of aromatic nitrogens is 3. The van der Waals surface area contributed by atoms with Crippen molar-refractivity contribution < 1.29 is 9.53 Å². The molecule has 2 aromatic carbocycles. The van der Waals surface area contributed by atoms with Crippen LogP contribution in [0.15, 0.2) is 42.5 Å². The second-order valence-corrected chi connectivity index (χ2v) is 8.77. The van der Waals surface area contributed by atoms with Gasteiger partial charge in [0.15, 0.2) is 12.4 Å². The van der Waals surface area contributed by atoms with Gasteiger partial charge in [-0.3, -0.25) is 4.79 Å². The zero-order chi connectivity index (χ0) is 23.8. The van der Waals surface area contributed by atoms with Crippen LogP contribution in [0, 0.1) is 11.3 Å². The van der Waals surface area contributed by atoms with Gasteiger partial charge in [0.2, 0.25) is 0 Å². The molecule has 8 heteroatoms. The lowest BCUT2D eigenvalue weighted by molar-refractivity contribution is 0.0708. The Morgan fingerprint density at radius 2 is 2.12 bits per heavy atom. The number of fused-ring (bicyclic) bond motifs is 2. The lowest BCUT2D eigenvalue weighted by atomic mass is 10.0. The molecule has 1 aliphatic rings. The van der Waals surface area contributed by atoms with Gasteiger partial charge in [0.25, 0.3) is 5.91 Å². The number of imidazole rings is 1. The molecule has 5 rings (SSSR count). The smallest absolute Gasteiger partial charge is 0.254 e. The van der Waals surface area contributed by atoms with Crippen LogP contribution >= 0.6 is 0 Å². The zero-order valence-corrected chi connectivity index (χ0v) is 19.5. The van der Waals surface area contributed by atoms with Crippen LogP contribution in [-0.4, -0.2) is 50.7 Å². The summed E-state index contributed by atoms with van der Waals surface area (Å²) in [5.74, 6) is 1.16. The van der Waals surface area contributed by atoms with Gasteiger partial charge in [-0.05, 0) is 44.0 Å². The summed E-state index contributed by atoms with van der Waals surface area (Å²) in [5, 5.41) is 10.3. The van der Waals surface area contributed by atoms with E-state index in [4.69, 9.17) is 20.7 Å². The van der Waals surface area contributed by atoms with Crippen molar-refractivity contribution in [2.24, 2.45) is 12.8 Å². The van der Waals surface area contributed by atoms with Gasteiger partial charge in [0.05, 0.1) is 11.2 Å². The molecule has 3 heterocycles. The monoisotopic (exact) mass is 456 g/mol. The zero-order valence-electron chi connectivity index (χ0n) is 19.5. The van der Waals surface area contributed by atoms with Crippen molar-refractivity contribution in [2.75, 3.05) is 19.7 Å². The Hall–Kier alpha value is -3.83. The molecule has 0 unspecified atom stereocenters. The number of carbonyl (C=O) groups excluding carboxylic acids is 1. The summed E-state index contributed by atoms with van der Waals surface area (Å²) in [5.41, 5.74) is 10.1. The number of hydrogen-bond acceptors (Lipinski definition) is 5. The fourth-order valence-corrected chi connectivity index (χ4v) is 5.00. The second kappa shape index (κ2) is 8.84. The summed E-state index contributed by atoms with van der Waals surface area (Å²) in [6.07, 6.45) is 1.82. The largest absolute Gasteiger partial charge is 0.476 e. The van der Waals surface area contributed by atoms with E-state index in [1.165, 1.54) is 0 Å². The molecule has 1 amide bonds. The van der Waals surface area contributed by atoms with Gasteiger partial charge < -0.3 is 24.5 Å². The molecule has 2 N–H and O–H groups in total. The molecule has 1 aliphatic heterocycles. The number of hydrogen-bond donors (Lipinski definition) is 1. The SMILES string of the molecule is CCn1c(-c2nc3cc(C(=O)N4CCC[C@@H](N)C4)cc(OCC#N)c3n2C)cc2ccccc21. The molecule has 1 fully saturated rings. The Morgan fingerprint density at radius 1 is 1.29 bits per heavy atom. The van der Waals surface area contributed by atoms with Gasteiger partial charge in [-0.25, -0.2) is 4.98 Å². The maximum Gasteiger partial charge on any atom is 0.254 e. The Balaban J connectivity index is 1.66. The van der Waals surface area contributed by atoms with E-state index in [1.54, 1.807) is 11.0 Å². The van der Waals surface area contributed by atoms with Crippen molar-refractivity contribution in [2.45, 2.75) is 32.4 Å². The van der Waals surface area contributed by atoms with E-state index in [2.05, 4.69) is 29.7 Å². The number of nitrogens with two attached hydrogens (primary N) is 1. The number of amides is 1. The summed E-state index contributed by atoms with van der Waals surface area (Å²) in [6, 6.07) is 16.0. The van der Waals surface area contributed by atoms with Crippen LogP contribution in [0.3, 0.4) is 0 Å². The molecule has 0 bridgehead atoms. The quantitative estimate of drug-likeness (QED) is 0.494. The van der Waals surface area contributed by atoms with Gasteiger partial charge in [-0.2, -0.15) is 5.26 Å². The molecule has 0 radical (unpaired) electrons. The minimum Gasteiger partial charge on any atom is -0.476 e. The highest BCUT2D eigenvalue weighted by atomic mass is 16.5. The summed E-state index contributed by atoms with van der Waals surface area (Å²) in [6.45, 7) is 4.01. The van der Waals surface area contributed by atoms with Gasteiger partial charge in [0, 0.05) is 49.2 Å². The van der Waals surface area contributed by atoms with Crippen molar-refractivity contribution in [3.63, 3.8) is 0 Å². The predicted molar refractivity (Wildman–Crippen MR) is 132 cm³/mol. The van der Waals surface area contributed by atoms with Crippen LogP contribution in [0.5, 0.6) is 5.75 Å². The lowest BCUT2D eigenvalue weighted by Crippen LogP contribution is -2.45. The molecular formula is C26H28N6O2. The number of benzene rings is 2. The predicted octanol–water partition coefficient (Wildman–Crippen LogP) is 3.68. The first kappa shape index (κ1) is 22.0. The third kappa shape index (κ3) is 3.68. The van der Waals surface area contributed by atoms with Crippen LogP contribution in [-0.2, 0) is 13.6 Å². The van der Waals surface area contributed by atoms with E-state index in [0.717, 1.165) is 47.3 Å². The maximum atomic E-state index is 13.3. The number of rotatable bonds is 5. The van der Waals surface area contributed by atoms with Gasteiger partial charge in [-0.15, -0.1) is 0 Å². The minimum atomic E-state index is -0.114. The van der Waals surface area contributed by atoms with E-state index in [1.807, 2.05) is 35.9 Å². The summed E-state index contributed by atoms with van der Waals surface area (Å²) in [4.78, 5) is 20.0. The molecule has 4 aromatic rings. The van der Waals surface area contributed by atoms with Gasteiger partial charge >= 0.3 is 0 Å². The number of piperidine rings is 1. The van der Waals surface area contributed by atoms with Crippen LogP contribution in [0.2, 0.25) is 0 Å². The molecule has 1 saturated heterocycles. The van der Waals surface area contributed by atoms with Crippen molar-refractivity contribution in [1.29, 1.82) is 5.26 Å². The fourth-order valence-electron chi connectivity index (χ4n) is 5.00. The van der Waals surface area contributed by atoms with Gasteiger partial charge in [-0.1, -0.05) is 18.2 Å². The number of carbonyl (C=O) groups is 1. The molecule has 0 aliphatic carbocycles. The molecule has 2 aromatic heterocycles. The van der Waals surface area contributed by atoms with E-state index >= 15 is 0 Å². The highest BCUT2D eigenvalue weighted by molar-refractivity contribution is 6.00. The van der Waals surface area contributed by atoms with Gasteiger partial charge in [0.1, 0.15) is 17.3 Å². The number of aryl methyl sites for hydroxylation is 2. The Morgan fingerprint density at radius 3 is 2.88 bits per heavy atom. The number of ether oxygens (including phenoxy) is 1. The molecule has 1 atom stereocenters. The second-order valence-electron chi connectivity index (χ2n) is 8.77. The fraction of sp³-hybridized carbons (Fsp3) is 0.346. The van der Waals surface area contributed by atoms with Crippen molar-refractivity contribution >= 4 is 27.8 Å². The first-order valence-electron chi connectivity index (χ1n) is 11.7. The molecular weight excluding hydrogens is 428 g/mol. The van der Waals surface area contributed by atoms with Crippen LogP contribution in [0.4, 0.5) is 0 Å². The lowest BCUT2D eigenvalue weighted by Gasteiger charge is -2.30. The Kier molecular flexibility index (Phi) is 5.72. The standard InChI is InChI=1S/C26H28N6O2/c1-3-32-21-9-5-4-7-17(21)14-22(32)25-29-20-13-18(26(33)31-11-6-8-19(28)16-31)15-23(34-12-10-27)24(20)30(25)2/h4-5,7,9,13-15,19H,3,6,8,11-12,16,28H2,1-2H3/t19-/m1/s1. The normalized spacial score (nSPS) is 16.2. The Labute approximate surface area is 198 Å². The molecule has 0 spiro atoms. The molecule has 34 heavy (non-hydrogen) atoms. The van der Waals surface area contributed by atoms with E-state index in [9.17, 15) is 4.79 Å². The first-order chi connectivity index (χ1) is 16.5. The number of nitriles is 1. The van der Waals surface area contributed by atoms with E-state index in [0.29, 0.717) is 29.9 Å². The average Bonchev–Trinajstić information content (AvgIpc) is 3.39. The highest BCUT2D eigenvalue weighted by Crippen LogP contribution is 2.34. The summed E-state index contributed by atoms with van der Waals surface area (Å²) in [7, 11) is 1.94. The minimum absolute atomic E-state index is 0.00634. The summed E-state index contributed by atoms with van der Waals surface area (Å²) < 4.78 is 10.00. The molecule has 0 saturated carbocycles. The third-order valence-electron chi connectivity index (χ3n) is 6.57. The topological polar surface area (TPSA) is 102 Å². The molecule has 8 nitrogen and oxygen atoms in total. The highest BCUT2D eigenvalue weighted by Gasteiger charge is 2.25. The number of nitrogens with zero attached hydrogens (tertiary/aromatic N) is 5. The van der Waals surface area contributed by atoms with E-state index in [-0.39, 0.29) is 18.6 Å².